The average Bonchev–Trinajstić information content (AvgIpc) is 2.82. The molecule has 0 spiro atoms. The van der Waals surface area contributed by atoms with Gasteiger partial charge in [0.05, 0.1) is 6.54 Å². The standard InChI is InChI=1S/C9H15N3/c1-7-5-11-9(12(7)2)6-10-8-3-4-8/h5,8,10H,3-4,6H2,1-2H3. The molecule has 1 N–H and O–H groups in total. The van der Waals surface area contributed by atoms with Gasteiger partial charge in [-0.05, 0) is 19.8 Å². The minimum atomic E-state index is 0.766. The third kappa shape index (κ3) is 1.50. The molecule has 1 saturated carbocycles. The molecule has 3 heteroatoms. The Labute approximate surface area is 72.8 Å². The van der Waals surface area contributed by atoms with E-state index >= 15 is 0 Å². The monoisotopic (exact) mass is 165 g/mol. The zero-order chi connectivity index (χ0) is 8.55. The fourth-order valence-corrected chi connectivity index (χ4v) is 1.23. The molecule has 0 amide bonds. The second kappa shape index (κ2) is 2.90. The first-order valence-corrected chi connectivity index (χ1v) is 4.48. The number of imidazole rings is 1. The van der Waals surface area contributed by atoms with E-state index < -0.39 is 0 Å². The quantitative estimate of drug-likeness (QED) is 0.723. The Bertz CT molecular complexity index is 273. The van der Waals surface area contributed by atoms with E-state index in [0.29, 0.717) is 0 Å². The molecule has 0 bridgehead atoms. The summed E-state index contributed by atoms with van der Waals surface area (Å²) < 4.78 is 2.13. The molecule has 0 unspecified atom stereocenters. The molecule has 12 heavy (non-hydrogen) atoms. The van der Waals surface area contributed by atoms with Crippen LogP contribution < -0.4 is 5.32 Å². The summed E-state index contributed by atoms with van der Waals surface area (Å²) in [5, 5.41) is 3.44. The van der Waals surface area contributed by atoms with E-state index in [1.165, 1.54) is 18.5 Å². The number of nitrogens with zero attached hydrogens (tertiary/aromatic N) is 2. The van der Waals surface area contributed by atoms with Crippen LogP contribution in [0.3, 0.4) is 0 Å². The maximum atomic E-state index is 4.32. The van der Waals surface area contributed by atoms with Crippen LogP contribution in [0.5, 0.6) is 0 Å². The van der Waals surface area contributed by atoms with Gasteiger partial charge in [-0.3, -0.25) is 0 Å². The molecule has 1 fully saturated rings. The predicted octanol–water partition coefficient (Wildman–Crippen LogP) is 0.981. The zero-order valence-corrected chi connectivity index (χ0v) is 7.67. The summed E-state index contributed by atoms with van der Waals surface area (Å²) in [5.74, 6) is 1.14. The van der Waals surface area contributed by atoms with Gasteiger partial charge in [0.2, 0.25) is 0 Å². The molecule has 0 aromatic carbocycles. The van der Waals surface area contributed by atoms with Gasteiger partial charge >= 0.3 is 0 Å². The summed E-state index contributed by atoms with van der Waals surface area (Å²) in [4.78, 5) is 4.32. The molecular formula is C9H15N3. The van der Waals surface area contributed by atoms with Crippen LogP contribution in [0, 0.1) is 6.92 Å². The highest BCUT2D eigenvalue weighted by Crippen LogP contribution is 2.19. The topological polar surface area (TPSA) is 29.9 Å². The van der Waals surface area contributed by atoms with Gasteiger partial charge in [-0.2, -0.15) is 0 Å². The maximum Gasteiger partial charge on any atom is 0.122 e. The zero-order valence-electron chi connectivity index (χ0n) is 7.67. The summed E-state index contributed by atoms with van der Waals surface area (Å²) in [5.41, 5.74) is 1.22. The highest BCUT2D eigenvalue weighted by atomic mass is 15.1. The first-order valence-electron chi connectivity index (χ1n) is 4.48. The largest absolute Gasteiger partial charge is 0.334 e. The molecule has 0 saturated heterocycles. The third-order valence-electron chi connectivity index (χ3n) is 2.44. The van der Waals surface area contributed by atoms with Crippen LogP contribution in [0.1, 0.15) is 24.4 Å². The van der Waals surface area contributed by atoms with Crippen molar-refractivity contribution >= 4 is 0 Å². The molecule has 0 atom stereocenters. The number of nitrogens with one attached hydrogen (secondary N) is 1. The molecule has 0 aliphatic heterocycles. The van der Waals surface area contributed by atoms with Crippen molar-refractivity contribution in [3.63, 3.8) is 0 Å². The van der Waals surface area contributed by atoms with Gasteiger partial charge < -0.3 is 9.88 Å². The molecule has 1 aliphatic carbocycles. The van der Waals surface area contributed by atoms with Crippen LogP contribution in [0.15, 0.2) is 6.20 Å². The predicted molar refractivity (Wildman–Crippen MR) is 47.8 cm³/mol. The average molecular weight is 165 g/mol. The molecule has 1 aliphatic rings. The Morgan fingerprint density at radius 1 is 1.67 bits per heavy atom. The van der Waals surface area contributed by atoms with Crippen LogP contribution in [-0.4, -0.2) is 15.6 Å². The Kier molecular flexibility index (Phi) is 1.89. The Morgan fingerprint density at radius 3 is 2.92 bits per heavy atom. The molecule has 3 nitrogen and oxygen atoms in total. The van der Waals surface area contributed by atoms with Crippen molar-refractivity contribution in [2.24, 2.45) is 7.05 Å². The van der Waals surface area contributed by atoms with Crippen molar-refractivity contribution in [2.75, 3.05) is 0 Å². The summed E-state index contributed by atoms with van der Waals surface area (Å²) in [6.45, 7) is 2.99. The molecule has 66 valence electrons. The lowest BCUT2D eigenvalue weighted by Crippen LogP contribution is -2.18. The smallest absolute Gasteiger partial charge is 0.122 e. The van der Waals surface area contributed by atoms with E-state index in [1.54, 1.807) is 0 Å². The lowest BCUT2D eigenvalue weighted by atomic mass is 10.5. The maximum absolute atomic E-state index is 4.32. The summed E-state index contributed by atoms with van der Waals surface area (Å²) >= 11 is 0. The van der Waals surface area contributed by atoms with Crippen molar-refractivity contribution in [3.05, 3.63) is 17.7 Å². The van der Waals surface area contributed by atoms with Crippen LogP contribution in [0.4, 0.5) is 0 Å². The highest BCUT2D eigenvalue weighted by Gasteiger charge is 2.20. The van der Waals surface area contributed by atoms with Gasteiger partial charge in [0.25, 0.3) is 0 Å². The first-order chi connectivity index (χ1) is 5.77. The van der Waals surface area contributed by atoms with E-state index in [4.69, 9.17) is 0 Å². The van der Waals surface area contributed by atoms with Gasteiger partial charge in [-0.1, -0.05) is 0 Å². The van der Waals surface area contributed by atoms with E-state index in [9.17, 15) is 0 Å². The van der Waals surface area contributed by atoms with Crippen molar-refractivity contribution in [1.82, 2.24) is 14.9 Å². The number of hydrogen-bond acceptors (Lipinski definition) is 2. The number of aromatic nitrogens is 2. The van der Waals surface area contributed by atoms with E-state index in [0.717, 1.165) is 18.4 Å². The molecular weight excluding hydrogens is 150 g/mol. The Balaban J connectivity index is 1.96. The van der Waals surface area contributed by atoms with Crippen molar-refractivity contribution in [3.8, 4) is 0 Å². The lowest BCUT2D eigenvalue weighted by molar-refractivity contribution is 0.631. The van der Waals surface area contributed by atoms with Gasteiger partial charge in [0, 0.05) is 25.0 Å². The van der Waals surface area contributed by atoms with Gasteiger partial charge in [0.15, 0.2) is 0 Å². The molecule has 1 heterocycles. The second-order valence-electron chi connectivity index (χ2n) is 3.53. The normalized spacial score (nSPS) is 16.8. The van der Waals surface area contributed by atoms with Crippen molar-refractivity contribution in [2.45, 2.75) is 32.4 Å². The van der Waals surface area contributed by atoms with Crippen molar-refractivity contribution in [1.29, 1.82) is 0 Å². The fraction of sp³-hybridized carbons (Fsp3) is 0.667. The van der Waals surface area contributed by atoms with Gasteiger partial charge in [-0.25, -0.2) is 4.98 Å². The minimum Gasteiger partial charge on any atom is -0.334 e. The lowest BCUT2D eigenvalue weighted by Gasteiger charge is -2.03. The Morgan fingerprint density at radius 2 is 2.42 bits per heavy atom. The molecule has 1 aromatic rings. The number of hydrogen-bond donors (Lipinski definition) is 1. The summed E-state index contributed by atoms with van der Waals surface area (Å²) in [6, 6.07) is 0.766. The van der Waals surface area contributed by atoms with E-state index in [2.05, 4.69) is 28.8 Å². The highest BCUT2D eigenvalue weighted by molar-refractivity contribution is 5.02. The van der Waals surface area contributed by atoms with Gasteiger partial charge in [0.1, 0.15) is 5.82 Å². The van der Waals surface area contributed by atoms with Crippen LogP contribution in [0.25, 0.3) is 0 Å². The SMILES string of the molecule is Cc1cnc(CNC2CC2)n1C. The Hall–Kier alpha value is -0.830. The molecule has 0 radical (unpaired) electrons. The number of rotatable bonds is 3. The second-order valence-corrected chi connectivity index (χ2v) is 3.53. The van der Waals surface area contributed by atoms with E-state index in [-0.39, 0.29) is 0 Å². The molecule has 1 aromatic heterocycles. The first kappa shape index (κ1) is 7.80. The summed E-state index contributed by atoms with van der Waals surface area (Å²) in [6.07, 6.45) is 4.59. The van der Waals surface area contributed by atoms with Crippen LogP contribution in [-0.2, 0) is 13.6 Å². The summed E-state index contributed by atoms with van der Waals surface area (Å²) in [7, 11) is 2.06. The fourth-order valence-electron chi connectivity index (χ4n) is 1.23. The van der Waals surface area contributed by atoms with Crippen molar-refractivity contribution < 1.29 is 0 Å². The molecule has 2 rings (SSSR count). The minimum absolute atomic E-state index is 0.766. The third-order valence-corrected chi connectivity index (χ3v) is 2.44. The van der Waals surface area contributed by atoms with Gasteiger partial charge in [-0.15, -0.1) is 0 Å². The van der Waals surface area contributed by atoms with Crippen LogP contribution >= 0.6 is 0 Å². The van der Waals surface area contributed by atoms with Crippen LogP contribution in [0.2, 0.25) is 0 Å². The number of aryl methyl sites for hydroxylation is 1. The van der Waals surface area contributed by atoms with E-state index in [1.807, 2.05) is 6.20 Å².